The van der Waals surface area contributed by atoms with Crippen LogP contribution in [0.25, 0.3) is 15.8 Å². The third-order valence-corrected chi connectivity index (χ3v) is 6.68. The van der Waals surface area contributed by atoms with Crippen LogP contribution in [-0.2, 0) is 19.6 Å². The Morgan fingerprint density at radius 3 is 2.76 bits per heavy atom. The molecule has 3 heterocycles. The molecule has 5 rings (SSSR count). The number of halogens is 1. The van der Waals surface area contributed by atoms with Crippen molar-refractivity contribution in [1.29, 1.82) is 0 Å². The molecule has 0 unspecified atom stereocenters. The Balaban J connectivity index is 1.43. The summed E-state index contributed by atoms with van der Waals surface area (Å²) in [5.41, 5.74) is 3.19. The molecule has 0 saturated heterocycles. The first-order chi connectivity index (χ1) is 14.2. The lowest BCUT2D eigenvalue weighted by Gasteiger charge is -2.19. The summed E-state index contributed by atoms with van der Waals surface area (Å²) in [5.74, 6) is 0.575. The Hall–Kier alpha value is -2.60. The van der Waals surface area contributed by atoms with Gasteiger partial charge in [0.05, 0.1) is 0 Å². The molecule has 2 aromatic heterocycles. The second-order valence-electron chi connectivity index (χ2n) is 7.12. The van der Waals surface area contributed by atoms with Crippen LogP contribution >= 0.6 is 23.1 Å². The number of pyridine rings is 1. The molecule has 0 amide bonds. The number of fused-ring (bicyclic) bond motifs is 3. The first-order valence-electron chi connectivity index (χ1n) is 9.52. The highest BCUT2D eigenvalue weighted by atomic mass is 35.5. The summed E-state index contributed by atoms with van der Waals surface area (Å²) < 4.78 is 10.5. The van der Waals surface area contributed by atoms with Crippen LogP contribution in [0.3, 0.4) is 0 Å². The van der Waals surface area contributed by atoms with Gasteiger partial charge in [0.2, 0.25) is 0 Å². The van der Waals surface area contributed by atoms with Gasteiger partial charge in [0.1, 0.15) is 12.4 Å². The molecular formula is C23H19ClN2O2S. The highest BCUT2D eigenvalue weighted by molar-refractivity contribution is 7.19. The van der Waals surface area contributed by atoms with Crippen LogP contribution in [0.5, 0.6) is 5.75 Å². The summed E-state index contributed by atoms with van der Waals surface area (Å²) in [6.45, 7) is 2.06. The molecule has 0 atom stereocenters. The monoisotopic (exact) mass is 422 g/mol. The maximum absolute atomic E-state index is 12.7. The van der Waals surface area contributed by atoms with Crippen molar-refractivity contribution in [3.05, 3.63) is 93.2 Å². The minimum atomic E-state index is -0.106. The van der Waals surface area contributed by atoms with E-state index in [0.717, 1.165) is 30.8 Å². The van der Waals surface area contributed by atoms with Crippen LogP contribution in [0.2, 0.25) is 0 Å². The van der Waals surface area contributed by atoms with Crippen molar-refractivity contribution in [2.24, 2.45) is 0 Å². The third kappa shape index (κ3) is 3.69. The smallest absolute Gasteiger partial charge is 0.258 e. The van der Waals surface area contributed by atoms with E-state index in [1.165, 1.54) is 20.5 Å². The molecule has 2 aromatic carbocycles. The quantitative estimate of drug-likeness (QED) is 0.427. The molecule has 0 N–H and O–H groups in total. The molecule has 146 valence electrons. The Bertz CT molecular complexity index is 1230. The number of hydrogen-bond acceptors (Lipinski definition) is 4. The molecule has 4 nitrogen and oxygen atoms in total. The fourth-order valence-electron chi connectivity index (χ4n) is 3.71. The molecule has 4 aromatic rings. The van der Waals surface area contributed by atoms with Gasteiger partial charge in [-0.25, -0.2) is 4.42 Å². The number of aromatic nitrogens is 1. The van der Waals surface area contributed by atoms with Crippen LogP contribution in [-0.4, -0.2) is 15.5 Å². The number of ether oxygens (including phenoxy) is 1. The Labute approximate surface area is 177 Å². The lowest BCUT2D eigenvalue weighted by Crippen LogP contribution is -2.20. The van der Waals surface area contributed by atoms with E-state index in [1.54, 1.807) is 28.2 Å². The highest BCUT2D eigenvalue weighted by Gasteiger charge is 2.20. The van der Waals surface area contributed by atoms with E-state index in [9.17, 15) is 4.79 Å². The maximum Gasteiger partial charge on any atom is 0.258 e. The molecule has 0 fully saturated rings. The van der Waals surface area contributed by atoms with Crippen molar-refractivity contribution in [2.45, 2.75) is 19.6 Å². The normalized spacial score (nSPS) is 14.1. The van der Waals surface area contributed by atoms with E-state index in [2.05, 4.69) is 12.1 Å². The number of hydrogen-bond donors (Lipinski definition) is 0. The molecule has 0 spiro atoms. The molecular weight excluding hydrogens is 404 g/mol. The Morgan fingerprint density at radius 1 is 1.07 bits per heavy atom. The van der Waals surface area contributed by atoms with Gasteiger partial charge in [-0.2, -0.15) is 0 Å². The van der Waals surface area contributed by atoms with Gasteiger partial charge in [0.15, 0.2) is 0 Å². The lowest BCUT2D eigenvalue weighted by atomic mass is 10.0. The number of nitrogens with zero attached hydrogens (tertiary/aromatic N) is 2. The van der Waals surface area contributed by atoms with Gasteiger partial charge in [-0.05, 0) is 59.0 Å². The number of thiophene rings is 1. The molecule has 0 bridgehead atoms. The van der Waals surface area contributed by atoms with Crippen molar-refractivity contribution in [1.82, 2.24) is 8.99 Å². The third-order valence-electron chi connectivity index (χ3n) is 5.20. The molecule has 29 heavy (non-hydrogen) atoms. The van der Waals surface area contributed by atoms with Crippen molar-refractivity contribution < 1.29 is 4.74 Å². The van der Waals surface area contributed by atoms with Gasteiger partial charge < -0.3 is 4.74 Å². The van der Waals surface area contributed by atoms with Gasteiger partial charge in [0, 0.05) is 40.6 Å². The SMILES string of the molecule is O=c1cc(OCc2ccccc2)ccn1-c1ccc2sc3c(c2c1)CCN(Cl)C3. The number of rotatable bonds is 4. The summed E-state index contributed by atoms with van der Waals surface area (Å²) in [6, 6.07) is 19.5. The van der Waals surface area contributed by atoms with Crippen LogP contribution in [0.1, 0.15) is 16.0 Å². The zero-order chi connectivity index (χ0) is 19.8. The van der Waals surface area contributed by atoms with E-state index in [0.29, 0.717) is 12.4 Å². The summed E-state index contributed by atoms with van der Waals surface area (Å²) in [5, 5.41) is 1.23. The maximum atomic E-state index is 12.7. The van der Waals surface area contributed by atoms with Crippen LogP contribution in [0.4, 0.5) is 0 Å². The second kappa shape index (κ2) is 7.67. The summed E-state index contributed by atoms with van der Waals surface area (Å²) in [6.07, 6.45) is 2.71. The zero-order valence-corrected chi connectivity index (χ0v) is 17.2. The van der Waals surface area contributed by atoms with Crippen LogP contribution < -0.4 is 10.3 Å². The minimum Gasteiger partial charge on any atom is -0.489 e. The topological polar surface area (TPSA) is 34.5 Å². The molecule has 1 aliphatic rings. The second-order valence-corrected chi connectivity index (χ2v) is 8.74. The molecule has 6 heteroatoms. The first-order valence-corrected chi connectivity index (χ1v) is 10.7. The summed E-state index contributed by atoms with van der Waals surface area (Å²) >= 11 is 7.97. The van der Waals surface area contributed by atoms with E-state index in [-0.39, 0.29) is 5.56 Å². The van der Waals surface area contributed by atoms with Gasteiger partial charge in [-0.1, -0.05) is 30.3 Å². The predicted molar refractivity (Wildman–Crippen MR) is 118 cm³/mol. The zero-order valence-electron chi connectivity index (χ0n) is 15.7. The van der Waals surface area contributed by atoms with E-state index >= 15 is 0 Å². The van der Waals surface area contributed by atoms with Crippen molar-refractivity contribution in [3.63, 3.8) is 0 Å². The standard InChI is InChI=1S/C23H19ClN2O2S/c24-25-10-9-19-20-12-17(6-7-21(20)29-22(19)14-25)26-11-8-18(13-23(26)27)28-15-16-4-2-1-3-5-16/h1-8,11-13H,9-10,14-15H2. The van der Waals surface area contributed by atoms with Crippen molar-refractivity contribution in [2.75, 3.05) is 6.54 Å². The molecule has 1 aliphatic heterocycles. The highest BCUT2D eigenvalue weighted by Crippen LogP contribution is 2.36. The largest absolute Gasteiger partial charge is 0.489 e. The summed E-state index contributed by atoms with van der Waals surface area (Å²) in [7, 11) is 0. The first kappa shape index (κ1) is 18.4. The van der Waals surface area contributed by atoms with E-state index in [1.807, 2.05) is 46.9 Å². The van der Waals surface area contributed by atoms with E-state index in [4.69, 9.17) is 16.5 Å². The lowest BCUT2D eigenvalue weighted by molar-refractivity contribution is 0.305. The van der Waals surface area contributed by atoms with Gasteiger partial charge in [-0.3, -0.25) is 9.36 Å². The molecule has 0 saturated carbocycles. The Morgan fingerprint density at radius 2 is 1.93 bits per heavy atom. The Kier molecular flexibility index (Phi) is 4.87. The van der Waals surface area contributed by atoms with Gasteiger partial charge in [-0.15, -0.1) is 11.3 Å². The fraction of sp³-hybridized carbons (Fsp3) is 0.174. The molecule has 0 radical (unpaired) electrons. The fourth-order valence-corrected chi connectivity index (χ4v) is 5.24. The van der Waals surface area contributed by atoms with E-state index < -0.39 is 0 Å². The van der Waals surface area contributed by atoms with Crippen LogP contribution in [0, 0.1) is 0 Å². The average molecular weight is 423 g/mol. The van der Waals surface area contributed by atoms with Crippen LogP contribution in [0.15, 0.2) is 71.7 Å². The van der Waals surface area contributed by atoms with Crippen molar-refractivity contribution >= 4 is 33.2 Å². The minimum absolute atomic E-state index is 0.106. The summed E-state index contributed by atoms with van der Waals surface area (Å²) in [4.78, 5) is 14.0. The van der Waals surface area contributed by atoms with Gasteiger partial charge in [0.25, 0.3) is 5.56 Å². The predicted octanol–water partition coefficient (Wildman–Crippen LogP) is 5.14. The molecule has 0 aliphatic carbocycles. The van der Waals surface area contributed by atoms with Crippen molar-refractivity contribution in [3.8, 4) is 11.4 Å². The average Bonchev–Trinajstić information content (AvgIpc) is 3.09. The van der Waals surface area contributed by atoms with Gasteiger partial charge >= 0.3 is 0 Å². The number of benzene rings is 2.